The quantitative estimate of drug-likeness (QED) is 0.202. The number of nitrogens with zero attached hydrogens (tertiary/aromatic N) is 1. The molecule has 9 heteroatoms. The maximum Gasteiger partial charge on any atom is 0.343 e. The summed E-state index contributed by atoms with van der Waals surface area (Å²) in [6.45, 7) is -0.141. The number of amides is 2. The van der Waals surface area contributed by atoms with E-state index < -0.39 is 22.9 Å². The smallest absolute Gasteiger partial charge is 0.343 e. The van der Waals surface area contributed by atoms with Crippen LogP contribution in [0, 0.1) is 5.82 Å². The summed E-state index contributed by atoms with van der Waals surface area (Å²) in [4.78, 5) is 38.6. The number of ether oxygens (including phenoxy) is 1. The number of esters is 1. The number of hydrogen-bond donors (Lipinski definition) is 0. The van der Waals surface area contributed by atoms with Gasteiger partial charge in [-0.2, -0.15) is 0 Å². The second-order valence-electron chi connectivity index (χ2n) is 6.95. The number of carbonyl (C=O) groups excluding carboxylic acids is 3. The Morgan fingerprint density at radius 1 is 1.09 bits per heavy atom. The minimum Gasteiger partial charge on any atom is -0.422 e. The van der Waals surface area contributed by atoms with E-state index in [4.69, 9.17) is 16.3 Å². The summed E-state index contributed by atoms with van der Waals surface area (Å²) in [7, 11) is 0. The molecule has 0 aliphatic carbocycles. The van der Waals surface area contributed by atoms with Crippen molar-refractivity contribution in [3.63, 3.8) is 0 Å². The standard InChI is InChI=1S/C24H14BrClFNO4S/c25-18-11-14(5-10-20(18)32-23(30)15-6-8-17(26)9-7-15)12-21-22(29)28(24(31)33-21)13-16-3-1-2-4-19(16)27/h1-12H,13H2/b21-12-. The van der Waals surface area contributed by atoms with Crippen LogP contribution >= 0.6 is 39.3 Å². The van der Waals surface area contributed by atoms with E-state index in [2.05, 4.69) is 15.9 Å². The summed E-state index contributed by atoms with van der Waals surface area (Å²) < 4.78 is 19.8. The van der Waals surface area contributed by atoms with E-state index in [1.54, 1.807) is 60.7 Å². The van der Waals surface area contributed by atoms with Crippen molar-refractivity contribution < 1.29 is 23.5 Å². The van der Waals surface area contributed by atoms with Crippen molar-refractivity contribution in [2.75, 3.05) is 0 Å². The van der Waals surface area contributed by atoms with Gasteiger partial charge in [0.25, 0.3) is 11.1 Å². The normalized spacial score (nSPS) is 14.8. The van der Waals surface area contributed by atoms with Gasteiger partial charge in [-0.25, -0.2) is 9.18 Å². The van der Waals surface area contributed by atoms with Crippen LogP contribution in [0.2, 0.25) is 5.02 Å². The molecule has 0 unspecified atom stereocenters. The lowest BCUT2D eigenvalue weighted by molar-refractivity contribution is -0.123. The third kappa shape index (κ3) is 5.35. The zero-order valence-electron chi connectivity index (χ0n) is 16.8. The molecule has 4 rings (SSSR count). The Morgan fingerprint density at radius 2 is 1.82 bits per heavy atom. The SMILES string of the molecule is O=C(Oc1ccc(/C=C2\SC(=O)N(Cc3ccccc3F)C2=O)cc1Br)c1ccc(Cl)cc1. The van der Waals surface area contributed by atoms with E-state index in [-0.39, 0.29) is 17.0 Å². The number of rotatable bonds is 5. The van der Waals surface area contributed by atoms with E-state index >= 15 is 0 Å². The maximum atomic E-state index is 13.9. The molecule has 0 saturated carbocycles. The second kappa shape index (κ2) is 9.91. The first-order valence-electron chi connectivity index (χ1n) is 9.58. The highest BCUT2D eigenvalue weighted by Gasteiger charge is 2.35. The predicted octanol–water partition coefficient (Wildman–Crippen LogP) is 6.70. The fraction of sp³-hybridized carbons (Fsp3) is 0.0417. The van der Waals surface area contributed by atoms with Crippen LogP contribution in [-0.4, -0.2) is 22.0 Å². The summed E-state index contributed by atoms with van der Waals surface area (Å²) >= 11 is 9.98. The third-order valence-corrected chi connectivity index (χ3v) is 6.48. The molecular weight excluding hydrogens is 533 g/mol. The summed E-state index contributed by atoms with van der Waals surface area (Å²) in [6.07, 6.45) is 1.56. The molecule has 0 atom stereocenters. The topological polar surface area (TPSA) is 63.7 Å². The molecule has 1 aliphatic heterocycles. The van der Waals surface area contributed by atoms with Gasteiger partial charge in [0.2, 0.25) is 0 Å². The molecule has 0 aromatic heterocycles. The molecule has 0 bridgehead atoms. The summed E-state index contributed by atoms with van der Waals surface area (Å²) in [5.74, 6) is -1.23. The molecule has 166 valence electrons. The minimum atomic E-state index is -0.547. The molecule has 0 radical (unpaired) electrons. The van der Waals surface area contributed by atoms with Gasteiger partial charge >= 0.3 is 5.97 Å². The largest absolute Gasteiger partial charge is 0.422 e. The van der Waals surface area contributed by atoms with Crippen molar-refractivity contribution in [3.8, 4) is 5.75 Å². The molecule has 1 fully saturated rings. The zero-order chi connectivity index (χ0) is 23.5. The molecule has 5 nitrogen and oxygen atoms in total. The van der Waals surface area contributed by atoms with Gasteiger partial charge in [-0.05, 0) is 81.8 Å². The fourth-order valence-corrected chi connectivity index (χ4v) is 4.46. The van der Waals surface area contributed by atoms with Crippen molar-refractivity contribution in [3.05, 3.63) is 104 Å². The molecule has 3 aromatic rings. The predicted molar refractivity (Wildman–Crippen MR) is 128 cm³/mol. The number of thioether (sulfide) groups is 1. The van der Waals surface area contributed by atoms with E-state index in [1.165, 1.54) is 12.1 Å². The molecule has 1 aliphatic rings. The van der Waals surface area contributed by atoms with Crippen molar-refractivity contribution >= 4 is 62.5 Å². The van der Waals surface area contributed by atoms with Gasteiger partial charge in [0.1, 0.15) is 11.6 Å². The Hall–Kier alpha value is -2.94. The first-order chi connectivity index (χ1) is 15.8. The lowest BCUT2D eigenvalue weighted by atomic mass is 10.2. The third-order valence-electron chi connectivity index (χ3n) is 4.70. The van der Waals surface area contributed by atoms with Gasteiger partial charge in [-0.3, -0.25) is 14.5 Å². The van der Waals surface area contributed by atoms with Crippen LogP contribution in [0.5, 0.6) is 5.75 Å². The maximum absolute atomic E-state index is 13.9. The average Bonchev–Trinajstić information content (AvgIpc) is 3.04. The number of benzene rings is 3. The van der Waals surface area contributed by atoms with Crippen LogP contribution in [-0.2, 0) is 11.3 Å². The molecule has 0 N–H and O–H groups in total. The summed E-state index contributed by atoms with van der Waals surface area (Å²) in [5.41, 5.74) is 1.22. The van der Waals surface area contributed by atoms with Crippen LogP contribution in [0.3, 0.4) is 0 Å². The highest BCUT2D eigenvalue weighted by atomic mass is 79.9. The van der Waals surface area contributed by atoms with E-state index in [0.29, 0.717) is 26.4 Å². The van der Waals surface area contributed by atoms with E-state index in [9.17, 15) is 18.8 Å². The Kier molecular flexibility index (Phi) is 6.97. The Morgan fingerprint density at radius 3 is 2.52 bits per heavy atom. The summed E-state index contributed by atoms with van der Waals surface area (Å²) in [5, 5.41) is 0.0393. The van der Waals surface area contributed by atoms with Crippen LogP contribution in [0.15, 0.2) is 76.1 Å². The Labute approximate surface area is 206 Å². The number of halogens is 3. The van der Waals surface area contributed by atoms with Gasteiger partial charge in [-0.1, -0.05) is 35.9 Å². The van der Waals surface area contributed by atoms with Crippen LogP contribution < -0.4 is 4.74 Å². The van der Waals surface area contributed by atoms with Crippen molar-refractivity contribution in [2.24, 2.45) is 0 Å². The number of imide groups is 1. The minimum absolute atomic E-state index is 0.141. The van der Waals surface area contributed by atoms with Crippen molar-refractivity contribution in [1.82, 2.24) is 4.90 Å². The monoisotopic (exact) mass is 545 g/mol. The fourth-order valence-electron chi connectivity index (χ4n) is 3.02. The first kappa shape index (κ1) is 23.2. The Bertz CT molecular complexity index is 1300. The van der Waals surface area contributed by atoms with E-state index in [0.717, 1.165) is 16.7 Å². The average molecular weight is 547 g/mol. The molecular formula is C24H14BrClFNO4S. The lowest BCUT2D eigenvalue weighted by Gasteiger charge is -2.12. The molecule has 1 saturated heterocycles. The molecule has 2 amide bonds. The highest BCUT2D eigenvalue weighted by molar-refractivity contribution is 9.10. The van der Waals surface area contributed by atoms with Gasteiger partial charge in [0.05, 0.1) is 21.5 Å². The van der Waals surface area contributed by atoms with Gasteiger partial charge in [0.15, 0.2) is 0 Å². The Balaban J connectivity index is 1.49. The second-order valence-corrected chi connectivity index (χ2v) is 9.23. The highest BCUT2D eigenvalue weighted by Crippen LogP contribution is 2.35. The zero-order valence-corrected chi connectivity index (χ0v) is 19.9. The first-order valence-corrected chi connectivity index (χ1v) is 11.6. The number of carbonyl (C=O) groups is 3. The molecule has 3 aromatic carbocycles. The van der Waals surface area contributed by atoms with Crippen LogP contribution in [0.4, 0.5) is 9.18 Å². The van der Waals surface area contributed by atoms with Gasteiger partial charge in [-0.15, -0.1) is 0 Å². The van der Waals surface area contributed by atoms with Gasteiger partial charge < -0.3 is 4.74 Å². The lowest BCUT2D eigenvalue weighted by Crippen LogP contribution is -2.27. The van der Waals surface area contributed by atoms with E-state index in [1.807, 2.05) is 0 Å². The molecule has 33 heavy (non-hydrogen) atoms. The van der Waals surface area contributed by atoms with Crippen LogP contribution in [0.25, 0.3) is 6.08 Å². The van der Waals surface area contributed by atoms with Gasteiger partial charge in [0, 0.05) is 10.6 Å². The summed E-state index contributed by atoms with van der Waals surface area (Å²) in [6, 6.07) is 17.2. The molecule has 0 spiro atoms. The van der Waals surface area contributed by atoms with Crippen molar-refractivity contribution in [1.29, 1.82) is 0 Å². The number of hydrogen-bond acceptors (Lipinski definition) is 5. The van der Waals surface area contributed by atoms with Crippen molar-refractivity contribution in [2.45, 2.75) is 6.54 Å². The molecule has 1 heterocycles. The van der Waals surface area contributed by atoms with Crippen LogP contribution in [0.1, 0.15) is 21.5 Å².